The van der Waals surface area contributed by atoms with Crippen LogP contribution < -0.4 is 5.32 Å². The normalized spacial score (nSPS) is 18.8. The number of aliphatic hydroxyl groups is 1. The smallest absolute Gasteiger partial charge is 0.252 e. The highest BCUT2D eigenvalue weighted by molar-refractivity contribution is 5.05. The number of piperazine rings is 1. The van der Waals surface area contributed by atoms with Crippen molar-refractivity contribution in [1.29, 1.82) is 5.26 Å². The van der Waals surface area contributed by atoms with Gasteiger partial charge in [0.25, 0.3) is 5.82 Å². The van der Waals surface area contributed by atoms with Crippen LogP contribution in [0.15, 0.2) is 6.33 Å². The third kappa shape index (κ3) is 3.49. The molecule has 1 aromatic heterocycles. The van der Waals surface area contributed by atoms with Gasteiger partial charge in [0.15, 0.2) is 0 Å². The van der Waals surface area contributed by atoms with Crippen molar-refractivity contribution >= 4 is 0 Å². The Morgan fingerprint density at radius 3 is 2.88 bits per heavy atom. The zero-order chi connectivity index (χ0) is 12.1. The molecule has 1 aromatic rings. The number of hydrogen-bond donors (Lipinski definition) is 2. The molecular weight excluding hydrogens is 220 g/mol. The fourth-order valence-corrected chi connectivity index (χ4v) is 1.90. The van der Waals surface area contributed by atoms with E-state index in [4.69, 9.17) is 5.26 Å². The second-order valence-electron chi connectivity index (χ2n) is 4.11. The predicted molar refractivity (Wildman–Crippen MR) is 60.1 cm³/mol. The lowest BCUT2D eigenvalue weighted by atomic mass is 10.3. The molecule has 1 aliphatic heterocycles. The Morgan fingerprint density at radius 1 is 1.47 bits per heavy atom. The Kier molecular flexibility index (Phi) is 4.03. The van der Waals surface area contributed by atoms with Gasteiger partial charge < -0.3 is 10.4 Å². The van der Waals surface area contributed by atoms with Gasteiger partial charge in [-0.1, -0.05) is 0 Å². The molecule has 2 heterocycles. The van der Waals surface area contributed by atoms with Gasteiger partial charge in [0, 0.05) is 32.7 Å². The number of rotatable bonds is 4. The van der Waals surface area contributed by atoms with Crippen LogP contribution in [-0.4, -0.2) is 63.6 Å². The first kappa shape index (κ1) is 12.0. The van der Waals surface area contributed by atoms with Gasteiger partial charge in [-0.15, -0.1) is 5.10 Å². The SMILES string of the molecule is N#Cc1ncn(CC(O)CN2CCNCC2)n1. The van der Waals surface area contributed by atoms with Crippen molar-refractivity contribution in [1.82, 2.24) is 25.0 Å². The van der Waals surface area contributed by atoms with Crippen LogP contribution in [0.1, 0.15) is 5.82 Å². The summed E-state index contributed by atoms with van der Waals surface area (Å²) in [5, 5.41) is 25.7. The highest BCUT2D eigenvalue weighted by atomic mass is 16.3. The molecule has 0 spiro atoms. The largest absolute Gasteiger partial charge is 0.390 e. The average molecular weight is 236 g/mol. The molecule has 1 saturated heterocycles. The molecule has 17 heavy (non-hydrogen) atoms. The summed E-state index contributed by atoms with van der Waals surface area (Å²) < 4.78 is 1.51. The van der Waals surface area contributed by atoms with Crippen molar-refractivity contribution in [3.63, 3.8) is 0 Å². The molecule has 0 aromatic carbocycles. The van der Waals surface area contributed by atoms with Crippen molar-refractivity contribution in [3.8, 4) is 6.07 Å². The van der Waals surface area contributed by atoms with Gasteiger partial charge in [-0.25, -0.2) is 9.67 Å². The molecule has 0 radical (unpaired) electrons. The standard InChI is InChI=1S/C10H16N6O/c11-5-10-13-8-16(14-10)7-9(17)6-15-3-1-12-2-4-15/h8-9,12,17H,1-4,6-7H2. The van der Waals surface area contributed by atoms with Gasteiger partial charge in [0.05, 0.1) is 12.6 Å². The molecule has 2 N–H and O–H groups in total. The van der Waals surface area contributed by atoms with Crippen LogP contribution in [0.4, 0.5) is 0 Å². The first-order valence-electron chi connectivity index (χ1n) is 5.68. The van der Waals surface area contributed by atoms with Crippen LogP contribution in [0.5, 0.6) is 0 Å². The summed E-state index contributed by atoms with van der Waals surface area (Å²) in [6.07, 6.45) is 0.987. The Morgan fingerprint density at radius 2 is 2.24 bits per heavy atom. The molecule has 0 amide bonds. The van der Waals surface area contributed by atoms with E-state index in [1.807, 2.05) is 6.07 Å². The van der Waals surface area contributed by atoms with E-state index in [1.54, 1.807) is 0 Å². The van der Waals surface area contributed by atoms with E-state index in [-0.39, 0.29) is 5.82 Å². The molecule has 1 atom stereocenters. The van der Waals surface area contributed by atoms with Gasteiger partial charge in [0.1, 0.15) is 12.4 Å². The maximum absolute atomic E-state index is 9.90. The topological polar surface area (TPSA) is 90.0 Å². The molecule has 7 nitrogen and oxygen atoms in total. The Labute approximate surface area is 99.7 Å². The summed E-state index contributed by atoms with van der Waals surface area (Å²) in [5.41, 5.74) is 0. The molecule has 7 heteroatoms. The summed E-state index contributed by atoms with van der Waals surface area (Å²) in [6, 6.07) is 1.86. The molecule has 92 valence electrons. The first-order chi connectivity index (χ1) is 8.28. The lowest BCUT2D eigenvalue weighted by molar-refractivity contribution is 0.0888. The van der Waals surface area contributed by atoms with Crippen LogP contribution in [-0.2, 0) is 6.54 Å². The third-order valence-electron chi connectivity index (χ3n) is 2.71. The van der Waals surface area contributed by atoms with Crippen molar-refractivity contribution in [3.05, 3.63) is 12.2 Å². The van der Waals surface area contributed by atoms with Gasteiger partial charge in [-0.05, 0) is 0 Å². The quantitative estimate of drug-likeness (QED) is 0.655. The number of nitrogens with one attached hydrogen (secondary N) is 1. The number of nitriles is 1. The second kappa shape index (κ2) is 5.72. The Hall–Kier alpha value is -1.49. The van der Waals surface area contributed by atoms with Gasteiger partial charge in [-0.2, -0.15) is 5.26 Å². The number of hydrogen-bond acceptors (Lipinski definition) is 6. The second-order valence-corrected chi connectivity index (χ2v) is 4.11. The zero-order valence-corrected chi connectivity index (χ0v) is 9.58. The number of aromatic nitrogens is 3. The lowest BCUT2D eigenvalue weighted by Crippen LogP contribution is -2.46. The maximum Gasteiger partial charge on any atom is 0.252 e. The molecule has 0 saturated carbocycles. The lowest BCUT2D eigenvalue weighted by Gasteiger charge is -2.28. The van der Waals surface area contributed by atoms with Crippen LogP contribution in [0.25, 0.3) is 0 Å². The van der Waals surface area contributed by atoms with Crippen molar-refractivity contribution < 1.29 is 5.11 Å². The van der Waals surface area contributed by atoms with Crippen LogP contribution in [0.2, 0.25) is 0 Å². The van der Waals surface area contributed by atoms with Gasteiger partial charge >= 0.3 is 0 Å². The minimum absolute atomic E-state index is 0.138. The fourth-order valence-electron chi connectivity index (χ4n) is 1.90. The number of β-amino-alcohol motifs (C(OH)–C–C–N with tert-alkyl or cyclic N) is 1. The third-order valence-corrected chi connectivity index (χ3v) is 2.71. The highest BCUT2D eigenvalue weighted by Gasteiger charge is 2.15. The minimum Gasteiger partial charge on any atom is -0.390 e. The molecule has 1 fully saturated rings. The van der Waals surface area contributed by atoms with E-state index in [9.17, 15) is 5.11 Å². The maximum atomic E-state index is 9.90. The highest BCUT2D eigenvalue weighted by Crippen LogP contribution is 1.98. The molecule has 1 aliphatic rings. The van der Waals surface area contributed by atoms with E-state index in [2.05, 4.69) is 20.3 Å². The summed E-state index contributed by atoms with van der Waals surface area (Å²) in [4.78, 5) is 6.00. The average Bonchev–Trinajstić information content (AvgIpc) is 2.78. The van der Waals surface area contributed by atoms with Crippen molar-refractivity contribution in [2.45, 2.75) is 12.6 Å². The van der Waals surface area contributed by atoms with Crippen molar-refractivity contribution in [2.24, 2.45) is 0 Å². The molecule has 0 aliphatic carbocycles. The van der Waals surface area contributed by atoms with Crippen LogP contribution in [0.3, 0.4) is 0 Å². The summed E-state index contributed by atoms with van der Waals surface area (Å²) >= 11 is 0. The monoisotopic (exact) mass is 236 g/mol. The number of aliphatic hydroxyl groups excluding tert-OH is 1. The molecule has 0 bridgehead atoms. The molecular formula is C10H16N6O. The van der Waals surface area contributed by atoms with E-state index in [0.717, 1.165) is 26.2 Å². The van der Waals surface area contributed by atoms with Crippen molar-refractivity contribution in [2.75, 3.05) is 32.7 Å². The van der Waals surface area contributed by atoms with Crippen LogP contribution in [0, 0.1) is 11.3 Å². The molecule has 1 unspecified atom stereocenters. The zero-order valence-electron chi connectivity index (χ0n) is 9.58. The fraction of sp³-hybridized carbons (Fsp3) is 0.700. The van der Waals surface area contributed by atoms with E-state index < -0.39 is 6.10 Å². The Balaban J connectivity index is 1.80. The van der Waals surface area contributed by atoms with Crippen LogP contribution >= 0.6 is 0 Å². The summed E-state index contributed by atoms with van der Waals surface area (Å²) in [7, 11) is 0. The Bertz CT molecular complexity index is 392. The molecule has 2 rings (SSSR count). The number of nitrogens with zero attached hydrogens (tertiary/aromatic N) is 5. The van der Waals surface area contributed by atoms with E-state index >= 15 is 0 Å². The predicted octanol–water partition coefficient (Wildman–Crippen LogP) is -1.58. The summed E-state index contributed by atoms with van der Waals surface area (Å²) in [6.45, 7) is 4.85. The van der Waals surface area contributed by atoms with E-state index in [0.29, 0.717) is 13.1 Å². The first-order valence-corrected chi connectivity index (χ1v) is 5.68. The minimum atomic E-state index is -0.485. The summed E-state index contributed by atoms with van der Waals surface area (Å²) in [5.74, 6) is 0.138. The van der Waals surface area contributed by atoms with Gasteiger partial charge in [-0.3, -0.25) is 4.90 Å². The van der Waals surface area contributed by atoms with Gasteiger partial charge in [0.2, 0.25) is 0 Å². The van der Waals surface area contributed by atoms with E-state index in [1.165, 1.54) is 11.0 Å².